The predicted molar refractivity (Wildman–Crippen MR) is 72.8 cm³/mol. The summed E-state index contributed by atoms with van der Waals surface area (Å²) in [4.78, 5) is 4.15. The summed E-state index contributed by atoms with van der Waals surface area (Å²) in [5.74, 6) is 0. The van der Waals surface area contributed by atoms with Crippen LogP contribution < -0.4 is 5.32 Å². The van der Waals surface area contributed by atoms with Gasteiger partial charge in [0.15, 0.2) is 0 Å². The van der Waals surface area contributed by atoms with Gasteiger partial charge in [-0.25, -0.2) is 8.42 Å². The van der Waals surface area contributed by atoms with Crippen molar-refractivity contribution in [3.63, 3.8) is 0 Å². The van der Waals surface area contributed by atoms with Gasteiger partial charge in [0, 0.05) is 30.0 Å². The van der Waals surface area contributed by atoms with Crippen molar-refractivity contribution >= 4 is 26.0 Å². The molecule has 0 aliphatic carbocycles. The van der Waals surface area contributed by atoms with Crippen LogP contribution in [0.2, 0.25) is 0 Å². The van der Waals surface area contributed by atoms with Crippen molar-refractivity contribution in [2.24, 2.45) is 0 Å². The molecule has 0 radical (unpaired) electrons. The fraction of sp³-hybridized carbons (Fsp3) is 0.545. The van der Waals surface area contributed by atoms with Gasteiger partial charge in [0.2, 0.25) is 10.0 Å². The molecule has 2 heterocycles. The number of rotatable bonds is 3. The highest BCUT2D eigenvalue weighted by Gasteiger charge is 2.29. The van der Waals surface area contributed by atoms with E-state index in [0.717, 1.165) is 25.9 Å². The summed E-state index contributed by atoms with van der Waals surface area (Å²) in [7, 11) is -1.80. The van der Waals surface area contributed by atoms with Crippen LogP contribution in [0, 0.1) is 0 Å². The minimum Gasteiger partial charge on any atom is -0.317 e. The largest absolute Gasteiger partial charge is 0.317 e. The Morgan fingerprint density at radius 2 is 2.06 bits per heavy atom. The van der Waals surface area contributed by atoms with Crippen molar-refractivity contribution in [3.05, 3.63) is 22.9 Å². The molecule has 2 rings (SSSR count). The van der Waals surface area contributed by atoms with Gasteiger partial charge in [0.05, 0.1) is 0 Å². The zero-order valence-electron chi connectivity index (χ0n) is 10.1. The molecular formula is C11H16BrN3O2S. The Hall–Kier alpha value is -0.500. The van der Waals surface area contributed by atoms with E-state index in [-0.39, 0.29) is 10.9 Å². The topological polar surface area (TPSA) is 62.3 Å². The van der Waals surface area contributed by atoms with Crippen molar-refractivity contribution in [2.75, 3.05) is 20.1 Å². The van der Waals surface area contributed by atoms with Gasteiger partial charge in [-0.05, 0) is 47.9 Å². The van der Waals surface area contributed by atoms with Crippen LogP contribution in [0.5, 0.6) is 0 Å². The standard InChI is InChI=1S/C11H16BrN3O2S/c1-15(10-2-4-13-5-3-10)18(16,17)11-6-9(12)7-14-8-11/h6-8,10,13H,2-5H2,1H3. The molecule has 1 aliphatic heterocycles. The summed E-state index contributed by atoms with van der Waals surface area (Å²) in [5, 5.41) is 3.23. The Labute approximate surface area is 116 Å². The maximum absolute atomic E-state index is 12.4. The number of piperidine rings is 1. The highest BCUT2D eigenvalue weighted by molar-refractivity contribution is 9.10. The summed E-state index contributed by atoms with van der Waals surface area (Å²) in [6, 6.07) is 1.65. The summed E-state index contributed by atoms with van der Waals surface area (Å²) in [6.45, 7) is 1.72. The number of nitrogens with zero attached hydrogens (tertiary/aromatic N) is 2. The van der Waals surface area contributed by atoms with E-state index in [4.69, 9.17) is 0 Å². The average Bonchev–Trinajstić information content (AvgIpc) is 2.39. The van der Waals surface area contributed by atoms with E-state index in [2.05, 4.69) is 26.2 Å². The predicted octanol–water partition coefficient (Wildman–Crippen LogP) is 1.22. The summed E-state index contributed by atoms with van der Waals surface area (Å²) >= 11 is 3.24. The molecule has 0 saturated carbocycles. The van der Waals surface area contributed by atoms with Gasteiger partial charge < -0.3 is 5.32 Å². The SMILES string of the molecule is CN(C1CCNCC1)S(=O)(=O)c1cncc(Br)c1. The molecule has 0 aromatic carbocycles. The first kappa shape index (κ1) is 13.9. The zero-order valence-corrected chi connectivity index (χ0v) is 12.5. The molecule has 1 N–H and O–H groups in total. The van der Waals surface area contributed by atoms with Crippen LogP contribution in [0.15, 0.2) is 27.8 Å². The van der Waals surface area contributed by atoms with E-state index in [9.17, 15) is 8.42 Å². The molecule has 1 aromatic heterocycles. The van der Waals surface area contributed by atoms with E-state index in [1.54, 1.807) is 19.3 Å². The first-order valence-electron chi connectivity index (χ1n) is 5.81. The third-order valence-corrected chi connectivity index (χ3v) is 5.49. The summed E-state index contributed by atoms with van der Waals surface area (Å²) in [6.07, 6.45) is 4.65. The van der Waals surface area contributed by atoms with Crippen molar-refractivity contribution in [1.82, 2.24) is 14.6 Å². The second-order valence-electron chi connectivity index (χ2n) is 4.34. The lowest BCUT2D eigenvalue weighted by Gasteiger charge is -2.30. The quantitative estimate of drug-likeness (QED) is 0.903. The highest BCUT2D eigenvalue weighted by atomic mass is 79.9. The Morgan fingerprint density at radius 3 is 2.67 bits per heavy atom. The number of nitrogens with one attached hydrogen (secondary N) is 1. The Morgan fingerprint density at radius 1 is 1.39 bits per heavy atom. The highest BCUT2D eigenvalue weighted by Crippen LogP contribution is 2.22. The lowest BCUT2D eigenvalue weighted by Crippen LogP contribution is -2.43. The molecule has 1 aliphatic rings. The van der Waals surface area contributed by atoms with Crippen LogP contribution in [-0.4, -0.2) is 43.9 Å². The normalized spacial score (nSPS) is 18.2. The van der Waals surface area contributed by atoms with Gasteiger partial charge in [-0.2, -0.15) is 4.31 Å². The third-order valence-electron chi connectivity index (χ3n) is 3.18. The number of sulfonamides is 1. The molecule has 1 fully saturated rings. The van der Waals surface area contributed by atoms with E-state index in [1.807, 2.05) is 0 Å². The van der Waals surface area contributed by atoms with Crippen molar-refractivity contribution < 1.29 is 8.42 Å². The number of aromatic nitrogens is 1. The van der Waals surface area contributed by atoms with E-state index >= 15 is 0 Å². The van der Waals surface area contributed by atoms with Gasteiger partial charge in [-0.1, -0.05) is 0 Å². The van der Waals surface area contributed by atoms with Crippen LogP contribution in [0.25, 0.3) is 0 Å². The fourth-order valence-corrected chi connectivity index (χ4v) is 3.99. The van der Waals surface area contributed by atoms with E-state index < -0.39 is 10.0 Å². The second kappa shape index (κ2) is 5.64. The van der Waals surface area contributed by atoms with Gasteiger partial charge in [0.1, 0.15) is 4.90 Å². The maximum atomic E-state index is 12.4. The van der Waals surface area contributed by atoms with Crippen LogP contribution in [0.4, 0.5) is 0 Å². The number of pyridine rings is 1. The minimum atomic E-state index is -3.45. The molecule has 0 amide bonds. The molecule has 1 saturated heterocycles. The van der Waals surface area contributed by atoms with Crippen molar-refractivity contribution in [3.8, 4) is 0 Å². The lowest BCUT2D eigenvalue weighted by molar-refractivity contribution is 0.296. The van der Waals surface area contributed by atoms with Crippen LogP contribution in [0.1, 0.15) is 12.8 Å². The van der Waals surface area contributed by atoms with Crippen LogP contribution in [0.3, 0.4) is 0 Å². The number of halogens is 1. The van der Waals surface area contributed by atoms with E-state index in [0.29, 0.717) is 4.47 Å². The van der Waals surface area contributed by atoms with Gasteiger partial charge in [0.25, 0.3) is 0 Å². The smallest absolute Gasteiger partial charge is 0.244 e. The molecule has 7 heteroatoms. The molecule has 0 unspecified atom stereocenters. The molecular weight excluding hydrogens is 318 g/mol. The van der Waals surface area contributed by atoms with Gasteiger partial charge >= 0.3 is 0 Å². The van der Waals surface area contributed by atoms with Crippen LogP contribution in [-0.2, 0) is 10.0 Å². The lowest BCUT2D eigenvalue weighted by atomic mass is 10.1. The Bertz CT molecular complexity index is 515. The second-order valence-corrected chi connectivity index (χ2v) is 7.25. The minimum absolute atomic E-state index is 0.0650. The van der Waals surface area contributed by atoms with Crippen molar-refractivity contribution in [2.45, 2.75) is 23.8 Å². The molecule has 5 nitrogen and oxygen atoms in total. The average molecular weight is 334 g/mol. The first-order valence-corrected chi connectivity index (χ1v) is 8.04. The van der Waals surface area contributed by atoms with Crippen LogP contribution >= 0.6 is 15.9 Å². The summed E-state index contributed by atoms with van der Waals surface area (Å²) < 4.78 is 27.0. The summed E-state index contributed by atoms with van der Waals surface area (Å²) in [5.41, 5.74) is 0. The number of hydrogen-bond acceptors (Lipinski definition) is 4. The maximum Gasteiger partial charge on any atom is 0.244 e. The Kier molecular flexibility index (Phi) is 4.37. The number of hydrogen-bond donors (Lipinski definition) is 1. The molecule has 0 atom stereocenters. The third kappa shape index (κ3) is 2.90. The Balaban J connectivity index is 2.24. The first-order chi connectivity index (χ1) is 8.51. The monoisotopic (exact) mass is 333 g/mol. The molecule has 0 spiro atoms. The van der Waals surface area contributed by atoms with Gasteiger partial charge in [-0.3, -0.25) is 4.98 Å². The molecule has 18 heavy (non-hydrogen) atoms. The van der Waals surface area contributed by atoms with E-state index in [1.165, 1.54) is 10.5 Å². The zero-order chi connectivity index (χ0) is 13.2. The molecule has 100 valence electrons. The fourth-order valence-electron chi connectivity index (χ4n) is 2.07. The van der Waals surface area contributed by atoms with Crippen molar-refractivity contribution in [1.29, 1.82) is 0 Å². The molecule has 1 aromatic rings. The van der Waals surface area contributed by atoms with Gasteiger partial charge in [-0.15, -0.1) is 0 Å². The molecule has 0 bridgehead atoms.